The van der Waals surface area contributed by atoms with Crippen molar-refractivity contribution in [2.24, 2.45) is 0 Å². The SMILES string of the molecule is CCCn1nc(SCc2nc(-c3ccc(C)cc3)no2)[n+](-c2ccc(Cl)cc2)c1-c1ccncc1. The highest BCUT2D eigenvalue weighted by molar-refractivity contribution is 7.98. The quantitative estimate of drug-likeness (QED) is 0.193. The molecule has 0 amide bonds. The van der Waals surface area contributed by atoms with Gasteiger partial charge in [-0.05, 0) is 61.5 Å². The average Bonchev–Trinajstić information content (AvgIpc) is 3.49. The minimum atomic E-state index is 0.491. The first-order valence-electron chi connectivity index (χ1n) is 11.3. The zero-order valence-corrected chi connectivity index (χ0v) is 21.0. The van der Waals surface area contributed by atoms with Crippen LogP contribution in [0.3, 0.4) is 0 Å². The molecule has 176 valence electrons. The molecule has 3 aromatic heterocycles. The van der Waals surface area contributed by atoms with Crippen LogP contribution in [0.15, 0.2) is 82.7 Å². The van der Waals surface area contributed by atoms with Gasteiger partial charge in [0.1, 0.15) is 12.2 Å². The van der Waals surface area contributed by atoms with E-state index in [0.717, 1.165) is 40.8 Å². The molecule has 0 bridgehead atoms. The summed E-state index contributed by atoms with van der Waals surface area (Å²) in [7, 11) is 0. The number of benzene rings is 2. The van der Waals surface area contributed by atoms with Crippen molar-refractivity contribution < 1.29 is 9.09 Å². The molecule has 35 heavy (non-hydrogen) atoms. The number of pyridine rings is 1. The topological polar surface area (TPSA) is 73.5 Å². The van der Waals surface area contributed by atoms with Gasteiger partial charge in [0.15, 0.2) is 0 Å². The molecule has 0 aliphatic heterocycles. The zero-order chi connectivity index (χ0) is 24.2. The molecule has 9 heteroatoms. The van der Waals surface area contributed by atoms with E-state index < -0.39 is 0 Å². The molecule has 0 aliphatic rings. The molecule has 0 N–H and O–H groups in total. The van der Waals surface area contributed by atoms with Gasteiger partial charge in [0.25, 0.3) is 5.82 Å². The first-order chi connectivity index (χ1) is 17.1. The molecule has 0 spiro atoms. The number of aryl methyl sites for hydroxylation is 2. The van der Waals surface area contributed by atoms with E-state index >= 15 is 0 Å². The average molecular weight is 504 g/mol. The fourth-order valence-electron chi connectivity index (χ4n) is 3.72. The summed E-state index contributed by atoms with van der Waals surface area (Å²) >= 11 is 7.73. The molecule has 5 aromatic rings. The van der Waals surface area contributed by atoms with Crippen LogP contribution in [0.2, 0.25) is 5.02 Å². The van der Waals surface area contributed by atoms with Crippen LogP contribution >= 0.6 is 23.4 Å². The van der Waals surface area contributed by atoms with Gasteiger partial charge in [-0.25, -0.2) is 0 Å². The van der Waals surface area contributed by atoms with E-state index in [0.29, 0.717) is 22.5 Å². The van der Waals surface area contributed by atoms with E-state index in [1.165, 1.54) is 5.56 Å². The third-order valence-corrected chi connectivity index (χ3v) is 6.58. The monoisotopic (exact) mass is 503 g/mol. The summed E-state index contributed by atoms with van der Waals surface area (Å²) < 4.78 is 9.73. The zero-order valence-electron chi connectivity index (χ0n) is 19.4. The summed E-state index contributed by atoms with van der Waals surface area (Å²) in [6.07, 6.45) is 4.54. The maximum Gasteiger partial charge on any atom is 0.342 e. The summed E-state index contributed by atoms with van der Waals surface area (Å²) in [6, 6.07) is 19.8. The van der Waals surface area contributed by atoms with Crippen molar-refractivity contribution in [2.75, 3.05) is 0 Å². The highest BCUT2D eigenvalue weighted by Crippen LogP contribution is 2.26. The van der Waals surface area contributed by atoms with Gasteiger partial charge in [-0.1, -0.05) is 53.5 Å². The van der Waals surface area contributed by atoms with Gasteiger partial charge < -0.3 is 4.52 Å². The van der Waals surface area contributed by atoms with Gasteiger partial charge in [-0.2, -0.15) is 9.55 Å². The summed E-state index contributed by atoms with van der Waals surface area (Å²) in [6.45, 7) is 4.97. The van der Waals surface area contributed by atoms with Crippen molar-refractivity contribution in [3.63, 3.8) is 0 Å². The van der Waals surface area contributed by atoms with Gasteiger partial charge in [0.2, 0.25) is 11.7 Å². The fourth-order valence-corrected chi connectivity index (χ4v) is 4.70. The normalized spacial score (nSPS) is 11.2. The molecule has 0 radical (unpaired) electrons. The predicted molar refractivity (Wildman–Crippen MR) is 136 cm³/mol. The summed E-state index contributed by atoms with van der Waals surface area (Å²) in [5, 5.41) is 10.6. The molecule has 3 heterocycles. The van der Waals surface area contributed by atoms with E-state index in [9.17, 15) is 0 Å². The van der Waals surface area contributed by atoms with E-state index in [-0.39, 0.29) is 0 Å². The third kappa shape index (κ3) is 5.13. The Morgan fingerprint density at radius 1 is 0.971 bits per heavy atom. The van der Waals surface area contributed by atoms with E-state index in [4.69, 9.17) is 21.2 Å². The molecular formula is C26H24ClN6OS+. The lowest BCUT2D eigenvalue weighted by atomic mass is 10.1. The van der Waals surface area contributed by atoms with Gasteiger partial charge in [0.05, 0.1) is 16.4 Å². The van der Waals surface area contributed by atoms with Crippen molar-refractivity contribution in [1.29, 1.82) is 0 Å². The highest BCUT2D eigenvalue weighted by atomic mass is 35.5. The number of hydrogen-bond donors (Lipinski definition) is 0. The van der Waals surface area contributed by atoms with E-state index in [2.05, 4.69) is 33.5 Å². The van der Waals surface area contributed by atoms with E-state index in [1.54, 1.807) is 24.2 Å². The number of hydrogen-bond acceptors (Lipinski definition) is 6. The highest BCUT2D eigenvalue weighted by Gasteiger charge is 2.29. The Morgan fingerprint density at radius 2 is 1.71 bits per heavy atom. The van der Waals surface area contributed by atoms with Crippen molar-refractivity contribution in [2.45, 2.75) is 37.7 Å². The molecule has 0 saturated carbocycles. The van der Waals surface area contributed by atoms with E-state index in [1.807, 2.05) is 65.3 Å². The minimum Gasteiger partial charge on any atom is -0.338 e. The number of halogens is 1. The summed E-state index contributed by atoms with van der Waals surface area (Å²) in [4.78, 5) is 8.78. The van der Waals surface area contributed by atoms with Crippen molar-refractivity contribution in [3.8, 4) is 28.5 Å². The Balaban J connectivity index is 1.51. The first-order valence-corrected chi connectivity index (χ1v) is 12.7. The first kappa shape index (κ1) is 23.3. The van der Waals surface area contributed by atoms with Crippen LogP contribution < -0.4 is 4.57 Å². The van der Waals surface area contributed by atoms with Gasteiger partial charge in [-0.15, -0.1) is 4.68 Å². The predicted octanol–water partition coefficient (Wildman–Crippen LogP) is 5.94. The van der Waals surface area contributed by atoms with Crippen LogP contribution in [-0.2, 0) is 12.3 Å². The maximum absolute atomic E-state index is 6.18. The molecule has 0 aliphatic carbocycles. The molecule has 0 atom stereocenters. The lowest BCUT2D eigenvalue weighted by Gasteiger charge is -2.05. The number of rotatable bonds is 8. The van der Waals surface area contributed by atoms with Crippen molar-refractivity contribution in [1.82, 2.24) is 24.9 Å². The second kappa shape index (κ2) is 10.4. The second-order valence-corrected chi connectivity index (χ2v) is 9.42. The Kier molecular flexibility index (Phi) is 6.92. The molecule has 0 unspecified atom stereocenters. The molecule has 2 aromatic carbocycles. The smallest absolute Gasteiger partial charge is 0.338 e. The van der Waals surface area contributed by atoms with Crippen LogP contribution in [0.1, 0.15) is 24.8 Å². The van der Waals surface area contributed by atoms with Crippen LogP contribution in [0.25, 0.3) is 28.5 Å². The van der Waals surface area contributed by atoms with Crippen LogP contribution in [-0.4, -0.2) is 24.9 Å². The van der Waals surface area contributed by atoms with Gasteiger partial charge >= 0.3 is 5.16 Å². The summed E-state index contributed by atoms with van der Waals surface area (Å²) in [5.74, 6) is 2.60. The van der Waals surface area contributed by atoms with Crippen molar-refractivity contribution in [3.05, 3.63) is 89.5 Å². The standard InChI is InChI=1S/C26H24ClN6OS/c1-3-16-32-25(20-12-14-28-15-13-20)33(22-10-8-21(27)9-11-22)26(30-32)35-17-23-29-24(31-34-23)19-6-4-18(2)5-7-19/h4-15H,3,16-17H2,1-2H3/q+1. The summed E-state index contributed by atoms with van der Waals surface area (Å²) in [5.41, 5.74) is 4.12. The van der Waals surface area contributed by atoms with Gasteiger partial charge in [0, 0.05) is 23.0 Å². The van der Waals surface area contributed by atoms with Crippen LogP contribution in [0, 0.1) is 6.92 Å². The molecule has 5 rings (SSSR count). The Hall–Kier alpha value is -3.49. The lowest BCUT2D eigenvalue weighted by molar-refractivity contribution is -0.625. The lowest BCUT2D eigenvalue weighted by Crippen LogP contribution is -2.34. The largest absolute Gasteiger partial charge is 0.342 e. The Morgan fingerprint density at radius 3 is 2.43 bits per heavy atom. The third-order valence-electron chi connectivity index (χ3n) is 5.42. The Bertz CT molecular complexity index is 1420. The number of thioether (sulfide) groups is 1. The molecular weight excluding hydrogens is 480 g/mol. The molecule has 0 saturated heterocycles. The maximum atomic E-state index is 6.18. The van der Waals surface area contributed by atoms with Crippen molar-refractivity contribution >= 4 is 23.4 Å². The second-order valence-electron chi connectivity index (χ2n) is 8.04. The van der Waals surface area contributed by atoms with Crippen LogP contribution in [0.4, 0.5) is 0 Å². The number of nitrogens with zero attached hydrogens (tertiary/aromatic N) is 6. The fraction of sp³-hybridized carbons (Fsp3) is 0.192. The minimum absolute atomic E-state index is 0.491. The van der Waals surface area contributed by atoms with Crippen LogP contribution in [0.5, 0.6) is 0 Å². The molecule has 7 nitrogen and oxygen atoms in total. The van der Waals surface area contributed by atoms with Gasteiger partial charge in [-0.3, -0.25) is 4.98 Å². The molecule has 0 fully saturated rings. The Labute approximate surface area is 212 Å². The number of aromatic nitrogens is 6.